The highest BCUT2D eigenvalue weighted by molar-refractivity contribution is 5.35. The van der Waals surface area contributed by atoms with Crippen molar-refractivity contribution in [3.63, 3.8) is 0 Å². The molecule has 3 nitrogen and oxygen atoms in total. The Morgan fingerprint density at radius 1 is 1.33 bits per heavy atom. The summed E-state index contributed by atoms with van der Waals surface area (Å²) in [4.78, 5) is 0. The predicted molar refractivity (Wildman–Crippen MR) is 56.5 cm³/mol. The molecule has 0 unspecified atom stereocenters. The number of alkyl halides is 3. The van der Waals surface area contributed by atoms with E-state index in [0.29, 0.717) is 5.56 Å². The Labute approximate surface area is 101 Å². The Morgan fingerprint density at radius 3 is 2.56 bits per heavy atom. The molecule has 18 heavy (non-hydrogen) atoms. The Kier molecular flexibility index (Phi) is 4.92. The lowest BCUT2D eigenvalue weighted by molar-refractivity contribution is -0.186. The van der Waals surface area contributed by atoms with Crippen LogP contribution >= 0.6 is 0 Å². The van der Waals surface area contributed by atoms with Crippen LogP contribution in [0.3, 0.4) is 0 Å². The van der Waals surface area contributed by atoms with E-state index in [9.17, 15) is 17.6 Å². The first-order valence-corrected chi connectivity index (χ1v) is 5.12. The van der Waals surface area contributed by atoms with E-state index in [-0.39, 0.29) is 5.75 Å². The number of nitrogens with two attached hydrogens (primary N) is 1. The number of halogens is 4. The molecule has 0 saturated carbocycles. The summed E-state index contributed by atoms with van der Waals surface area (Å²) in [5.74, 6) is -0.489. The third-order valence-corrected chi connectivity index (χ3v) is 2.03. The third kappa shape index (κ3) is 4.89. The van der Waals surface area contributed by atoms with Crippen LogP contribution in [0.4, 0.5) is 17.6 Å². The highest BCUT2D eigenvalue weighted by atomic mass is 19.4. The average Bonchev–Trinajstić information content (AvgIpc) is 2.22. The van der Waals surface area contributed by atoms with Gasteiger partial charge in [-0.2, -0.15) is 13.2 Å². The second-order valence-corrected chi connectivity index (χ2v) is 3.70. The zero-order chi connectivity index (χ0) is 13.8. The first kappa shape index (κ1) is 14.7. The van der Waals surface area contributed by atoms with Crippen LogP contribution in [0.25, 0.3) is 0 Å². The Bertz CT molecular complexity index is 393. The molecule has 7 heteroatoms. The van der Waals surface area contributed by atoms with Gasteiger partial charge in [-0.05, 0) is 13.0 Å². The fourth-order valence-corrected chi connectivity index (χ4v) is 1.27. The molecule has 0 fully saturated rings. The molecular formula is C11H13F4NO2. The molecule has 0 radical (unpaired) electrons. The van der Waals surface area contributed by atoms with Crippen molar-refractivity contribution in [2.45, 2.75) is 19.1 Å². The van der Waals surface area contributed by atoms with Gasteiger partial charge in [0.15, 0.2) is 6.79 Å². The van der Waals surface area contributed by atoms with Crippen molar-refractivity contribution in [3.8, 4) is 5.75 Å². The quantitative estimate of drug-likeness (QED) is 0.507. The minimum atomic E-state index is -4.42. The normalized spacial score (nSPS) is 13.4. The van der Waals surface area contributed by atoms with Crippen molar-refractivity contribution < 1.29 is 27.0 Å². The van der Waals surface area contributed by atoms with Gasteiger partial charge in [0.05, 0.1) is 0 Å². The van der Waals surface area contributed by atoms with Crippen molar-refractivity contribution >= 4 is 0 Å². The van der Waals surface area contributed by atoms with E-state index in [1.165, 1.54) is 12.1 Å². The summed E-state index contributed by atoms with van der Waals surface area (Å²) in [6, 6.07) is 3.24. The molecule has 1 aromatic rings. The second-order valence-electron chi connectivity index (χ2n) is 3.70. The fraction of sp³-hybridized carbons (Fsp3) is 0.455. The largest absolute Gasteiger partial charge is 0.467 e. The van der Waals surface area contributed by atoms with E-state index < -0.39 is 31.4 Å². The van der Waals surface area contributed by atoms with Crippen LogP contribution < -0.4 is 10.5 Å². The van der Waals surface area contributed by atoms with Crippen LogP contribution in [-0.2, 0) is 4.74 Å². The molecule has 0 amide bonds. The summed E-state index contributed by atoms with van der Waals surface area (Å²) in [6.45, 7) is -0.394. The monoisotopic (exact) mass is 267 g/mol. The van der Waals surface area contributed by atoms with Gasteiger partial charge in [-0.1, -0.05) is 6.07 Å². The third-order valence-electron chi connectivity index (χ3n) is 2.03. The standard InChI is InChI=1S/C11H13F4NO2/c1-7(16)9-3-2-8(12)4-10(9)18-6-17-5-11(13,14)15/h2-4,7H,5-6,16H2,1H3/t7-/m0/s1. The SMILES string of the molecule is C[C@H](N)c1ccc(F)cc1OCOCC(F)(F)F. The van der Waals surface area contributed by atoms with Gasteiger partial charge in [-0.3, -0.25) is 0 Å². The molecule has 2 N–H and O–H groups in total. The fourth-order valence-electron chi connectivity index (χ4n) is 1.27. The molecule has 0 aromatic heterocycles. The lowest BCUT2D eigenvalue weighted by Crippen LogP contribution is -2.19. The molecule has 0 spiro atoms. The van der Waals surface area contributed by atoms with Crippen LogP contribution in [0.5, 0.6) is 5.75 Å². The second kappa shape index (κ2) is 6.01. The maximum Gasteiger partial charge on any atom is 0.411 e. The number of hydrogen-bond acceptors (Lipinski definition) is 3. The lowest BCUT2D eigenvalue weighted by atomic mass is 10.1. The van der Waals surface area contributed by atoms with Crippen LogP contribution in [0.1, 0.15) is 18.5 Å². The molecule has 0 heterocycles. The maximum absolute atomic E-state index is 13.0. The van der Waals surface area contributed by atoms with Gasteiger partial charge in [-0.25, -0.2) is 4.39 Å². The van der Waals surface area contributed by atoms with Crippen molar-refractivity contribution in [1.29, 1.82) is 0 Å². The van der Waals surface area contributed by atoms with Crippen LogP contribution in [-0.4, -0.2) is 19.6 Å². The summed E-state index contributed by atoms with van der Waals surface area (Å²) in [5.41, 5.74) is 6.11. The predicted octanol–water partition coefficient (Wildman–Crippen LogP) is 2.76. The Morgan fingerprint density at radius 2 is 2.00 bits per heavy atom. The minimum Gasteiger partial charge on any atom is -0.467 e. The van der Waals surface area contributed by atoms with E-state index in [2.05, 4.69) is 4.74 Å². The van der Waals surface area contributed by atoms with Gasteiger partial charge in [0.25, 0.3) is 0 Å². The molecule has 0 bridgehead atoms. The number of ether oxygens (including phenoxy) is 2. The van der Waals surface area contributed by atoms with Gasteiger partial charge < -0.3 is 15.2 Å². The maximum atomic E-state index is 13.0. The van der Waals surface area contributed by atoms with Crippen LogP contribution in [0.2, 0.25) is 0 Å². The summed E-state index contributed by atoms with van der Waals surface area (Å²) in [6.07, 6.45) is -4.42. The lowest BCUT2D eigenvalue weighted by Gasteiger charge is -2.14. The first-order valence-electron chi connectivity index (χ1n) is 5.12. The molecule has 0 aliphatic carbocycles. The van der Waals surface area contributed by atoms with Gasteiger partial charge in [0, 0.05) is 17.7 Å². The molecule has 102 valence electrons. The average molecular weight is 267 g/mol. The molecule has 0 aliphatic rings. The van der Waals surface area contributed by atoms with Gasteiger partial charge in [0.2, 0.25) is 0 Å². The van der Waals surface area contributed by atoms with Crippen LogP contribution in [0, 0.1) is 5.82 Å². The van der Waals surface area contributed by atoms with Gasteiger partial charge in [0.1, 0.15) is 18.2 Å². The molecule has 1 rings (SSSR count). The zero-order valence-corrected chi connectivity index (χ0v) is 9.63. The van der Waals surface area contributed by atoms with E-state index in [4.69, 9.17) is 10.5 Å². The topological polar surface area (TPSA) is 44.5 Å². The number of hydrogen-bond donors (Lipinski definition) is 1. The Balaban J connectivity index is 2.58. The van der Waals surface area contributed by atoms with Gasteiger partial charge >= 0.3 is 6.18 Å². The van der Waals surface area contributed by atoms with Crippen molar-refractivity contribution in [3.05, 3.63) is 29.6 Å². The number of rotatable bonds is 5. The molecule has 0 saturated heterocycles. The summed E-state index contributed by atoms with van der Waals surface area (Å²) in [5, 5.41) is 0. The van der Waals surface area contributed by atoms with E-state index in [1.807, 2.05) is 0 Å². The van der Waals surface area contributed by atoms with E-state index >= 15 is 0 Å². The van der Waals surface area contributed by atoms with E-state index in [1.54, 1.807) is 6.92 Å². The van der Waals surface area contributed by atoms with Gasteiger partial charge in [-0.15, -0.1) is 0 Å². The van der Waals surface area contributed by atoms with Crippen molar-refractivity contribution in [2.24, 2.45) is 5.73 Å². The smallest absolute Gasteiger partial charge is 0.411 e. The summed E-state index contributed by atoms with van der Waals surface area (Å²) >= 11 is 0. The molecule has 1 aromatic carbocycles. The Hall–Kier alpha value is -1.34. The highest BCUT2D eigenvalue weighted by Crippen LogP contribution is 2.25. The highest BCUT2D eigenvalue weighted by Gasteiger charge is 2.27. The van der Waals surface area contributed by atoms with E-state index in [0.717, 1.165) is 6.07 Å². The number of benzene rings is 1. The zero-order valence-electron chi connectivity index (χ0n) is 9.63. The van der Waals surface area contributed by atoms with Crippen molar-refractivity contribution in [1.82, 2.24) is 0 Å². The molecular weight excluding hydrogens is 254 g/mol. The summed E-state index contributed by atoms with van der Waals surface area (Å²) in [7, 11) is 0. The molecule has 1 atom stereocenters. The minimum absolute atomic E-state index is 0.0761. The summed E-state index contributed by atoms with van der Waals surface area (Å²) < 4.78 is 57.5. The molecule has 0 aliphatic heterocycles. The first-order chi connectivity index (χ1) is 8.29. The van der Waals surface area contributed by atoms with Crippen LogP contribution in [0.15, 0.2) is 18.2 Å². The van der Waals surface area contributed by atoms with Crippen molar-refractivity contribution in [2.75, 3.05) is 13.4 Å².